The van der Waals surface area contributed by atoms with Crippen molar-refractivity contribution in [3.63, 3.8) is 0 Å². The van der Waals surface area contributed by atoms with Crippen molar-refractivity contribution in [2.45, 2.75) is 11.8 Å². The Labute approximate surface area is 76.4 Å². The van der Waals surface area contributed by atoms with Gasteiger partial charge in [-0.25, -0.2) is 4.39 Å². The van der Waals surface area contributed by atoms with Crippen molar-refractivity contribution in [2.75, 3.05) is 12.9 Å². The highest BCUT2D eigenvalue weighted by Gasteiger charge is 1.98. The van der Waals surface area contributed by atoms with Crippen molar-refractivity contribution in [2.24, 2.45) is 0 Å². The van der Waals surface area contributed by atoms with Crippen molar-refractivity contribution in [1.29, 1.82) is 0 Å². The largest absolute Gasteiger partial charge is 0.311 e. The number of hydrogen-bond donors (Lipinski definition) is 1. The lowest BCUT2D eigenvalue weighted by Gasteiger charge is -2.03. The van der Waals surface area contributed by atoms with Gasteiger partial charge in [-0.05, 0) is 37.7 Å². The first-order chi connectivity index (χ1) is 5.74. The first-order valence-corrected chi connectivity index (χ1v) is 4.76. The zero-order valence-corrected chi connectivity index (χ0v) is 8.04. The van der Waals surface area contributed by atoms with Crippen molar-refractivity contribution < 1.29 is 4.39 Å². The van der Waals surface area contributed by atoms with E-state index in [1.807, 2.05) is 20.0 Å². The summed E-state index contributed by atoms with van der Waals surface area (Å²) < 4.78 is 12.6. The Kier molecular flexibility index (Phi) is 3.56. The molecule has 0 aromatic heterocycles. The lowest BCUT2D eigenvalue weighted by molar-refractivity contribution is 0.625. The highest BCUT2D eigenvalue weighted by atomic mass is 32.2. The van der Waals surface area contributed by atoms with Crippen molar-refractivity contribution in [3.8, 4) is 0 Å². The standard InChI is InChI=1S/C9H12FNS/c1-7-5-8(10)3-4-9(7)12-6-11-2/h3-5,11H,6H2,1-2H3. The summed E-state index contributed by atoms with van der Waals surface area (Å²) in [6.45, 7) is 1.92. The minimum absolute atomic E-state index is 0.165. The minimum Gasteiger partial charge on any atom is -0.311 e. The predicted octanol–water partition coefficient (Wildman–Crippen LogP) is 2.40. The summed E-state index contributed by atoms with van der Waals surface area (Å²) in [6.07, 6.45) is 0. The van der Waals surface area contributed by atoms with Crippen molar-refractivity contribution >= 4 is 11.8 Å². The highest BCUT2D eigenvalue weighted by molar-refractivity contribution is 7.99. The van der Waals surface area contributed by atoms with Crippen LogP contribution in [0, 0.1) is 12.7 Å². The van der Waals surface area contributed by atoms with Gasteiger partial charge in [0.05, 0.1) is 0 Å². The lowest BCUT2D eigenvalue weighted by Crippen LogP contribution is -2.03. The number of hydrogen-bond acceptors (Lipinski definition) is 2. The molecule has 1 aromatic carbocycles. The molecule has 1 aromatic rings. The molecule has 0 unspecified atom stereocenters. The summed E-state index contributed by atoms with van der Waals surface area (Å²) in [5.41, 5.74) is 0.996. The minimum atomic E-state index is -0.165. The van der Waals surface area contributed by atoms with E-state index in [0.29, 0.717) is 0 Å². The fourth-order valence-corrected chi connectivity index (χ4v) is 1.68. The molecule has 0 saturated heterocycles. The molecule has 0 saturated carbocycles. The van der Waals surface area contributed by atoms with Crippen LogP contribution < -0.4 is 5.32 Å². The van der Waals surface area contributed by atoms with Crippen LogP contribution in [-0.2, 0) is 0 Å². The number of thioether (sulfide) groups is 1. The second-order valence-electron chi connectivity index (χ2n) is 2.55. The summed E-state index contributed by atoms with van der Waals surface area (Å²) in [5, 5.41) is 3.03. The van der Waals surface area contributed by atoms with Crippen LogP contribution in [0.5, 0.6) is 0 Å². The van der Waals surface area contributed by atoms with Gasteiger partial charge in [0.25, 0.3) is 0 Å². The molecule has 3 heteroatoms. The van der Waals surface area contributed by atoms with Gasteiger partial charge in [0, 0.05) is 10.8 Å². The Morgan fingerprint density at radius 1 is 1.50 bits per heavy atom. The summed E-state index contributed by atoms with van der Waals surface area (Å²) in [6, 6.07) is 4.86. The fourth-order valence-electron chi connectivity index (χ4n) is 0.925. The topological polar surface area (TPSA) is 12.0 Å². The molecular weight excluding hydrogens is 173 g/mol. The van der Waals surface area contributed by atoms with E-state index in [9.17, 15) is 4.39 Å². The summed E-state index contributed by atoms with van der Waals surface area (Å²) in [4.78, 5) is 1.13. The number of halogens is 1. The number of nitrogens with one attached hydrogen (secondary N) is 1. The molecule has 0 atom stereocenters. The van der Waals surface area contributed by atoms with Crippen LogP contribution in [0.4, 0.5) is 4.39 Å². The van der Waals surface area contributed by atoms with Crippen LogP contribution in [-0.4, -0.2) is 12.9 Å². The maximum atomic E-state index is 12.6. The maximum absolute atomic E-state index is 12.6. The van der Waals surface area contributed by atoms with E-state index in [-0.39, 0.29) is 5.82 Å². The summed E-state index contributed by atoms with van der Waals surface area (Å²) in [7, 11) is 1.89. The van der Waals surface area contributed by atoms with Gasteiger partial charge in [0.2, 0.25) is 0 Å². The smallest absolute Gasteiger partial charge is 0.123 e. The zero-order valence-electron chi connectivity index (χ0n) is 7.23. The Morgan fingerprint density at radius 2 is 2.25 bits per heavy atom. The molecule has 0 heterocycles. The number of aryl methyl sites for hydroxylation is 1. The van der Waals surface area contributed by atoms with Gasteiger partial charge in [0.15, 0.2) is 0 Å². The van der Waals surface area contributed by atoms with Gasteiger partial charge < -0.3 is 5.32 Å². The van der Waals surface area contributed by atoms with Crippen LogP contribution in [0.15, 0.2) is 23.1 Å². The third-order valence-corrected chi connectivity index (χ3v) is 2.71. The Bertz CT molecular complexity index is 263. The normalized spacial score (nSPS) is 10.2. The molecule has 0 radical (unpaired) electrons. The molecule has 0 aliphatic heterocycles. The number of benzene rings is 1. The SMILES string of the molecule is CNCSc1ccc(F)cc1C. The van der Waals surface area contributed by atoms with E-state index in [1.54, 1.807) is 17.8 Å². The Balaban J connectivity index is 2.72. The molecule has 1 nitrogen and oxygen atoms in total. The van der Waals surface area contributed by atoms with Crippen LogP contribution >= 0.6 is 11.8 Å². The molecule has 0 aliphatic rings. The summed E-state index contributed by atoms with van der Waals surface area (Å²) >= 11 is 1.68. The first-order valence-electron chi connectivity index (χ1n) is 3.77. The van der Waals surface area contributed by atoms with E-state index < -0.39 is 0 Å². The first kappa shape index (κ1) is 9.55. The van der Waals surface area contributed by atoms with Crippen molar-refractivity contribution in [1.82, 2.24) is 5.32 Å². The van der Waals surface area contributed by atoms with Crippen LogP contribution in [0.25, 0.3) is 0 Å². The van der Waals surface area contributed by atoms with Crippen LogP contribution in [0.1, 0.15) is 5.56 Å². The van der Waals surface area contributed by atoms with Crippen LogP contribution in [0.3, 0.4) is 0 Å². The van der Waals surface area contributed by atoms with Crippen molar-refractivity contribution in [3.05, 3.63) is 29.6 Å². The van der Waals surface area contributed by atoms with Gasteiger partial charge in [-0.1, -0.05) is 0 Å². The van der Waals surface area contributed by atoms with Gasteiger partial charge in [0.1, 0.15) is 5.82 Å². The number of rotatable bonds is 3. The molecule has 0 spiro atoms. The third kappa shape index (κ3) is 2.50. The van der Waals surface area contributed by atoms with E-state index in [0.717, 1.165) is 16.3 Å². The molecule has 0 aliphatic carbocycles. The average Bonchev–Trinajstić information content (AvgIpc) is 2.03. The molecule has 12 heavy (non-hydrogen) atoms. The fraction of sp³-hybridized carbons (Fsp3) is 0.333. The maximum Gasteiger partial charge on any atom is 0.123 e. The molecular formula is C9H12FNS. The Hall–Kier alpha value is -0.540. The van der Waals surface area contributed by atoms with Gasteiger partial charge in [-0.15, -0.1) is 11.8 Å². The lowest BCUT2D eigenvalue weighted by atomic mass is 10.2. The van der Waals surface area contributed by atoms with E-state index in [4.69, 9.17) is 0 Å². The van der Waals surface area contributed by atoms with E-state index in [1.165, 1.54) is 6.07 Å². The summed E-state index contributed by atoms with van der Waals surface area (Å²) in [5.74, 6) is 0.688. The zero-order chi connectivity index (χ0) is 8.97. The Morgan fingerprint density at radius 3 is 2.83 bits per heavy atom. The molecule has 0 fully saturated rings. The highest BCUT2D eigenvalue weighted by Crippen LogP contribution is 2.21. The molecule has 1 N–H and O–H groups in total. The molecule has 0 bridgehead atoms. The second kappa shape index (κ2) is 4.48. The molecule has 1 rings (SSSR count). The van der Waals surface area contributed by atoms with E-state index in [2.05, 4.69) is 5.32 Å². The van der Waals surface area contributed by atoms with E-state index >= 15 is 0 Å². The molecule has 66 valence electrons. The monoisotopic (exact) mass is 185 g/mol. The predicted molar refractivity (Wildman–Crippen MR) is 50.9 cm³/mol. The van der Waals surface area contributed by atoms with Crippen LogP contribution in [0.2, 0.25) is 0 Å². The van der Waals surface area contributed by atoms with Gasteiger partial charge >= 0.3 is 0 Å². The van der Waals surface area contributed by atoms with Gasteiger partial charge in [-0.3, -0.25) is 0 Å². The third-order valence-electron chi connectivity index (χ3n) is 1.51. The molecule has 0 amide bonds. The quantitative estimate of drug-likeness (QED) is 0.573. The second-order valence-corrected chi connectivity index (χ2v) is 3.57. The average molecular weight is 185 g/mol. The van der Waals surface area contributed by atoms with Gasteiger partial charge in [-0.2, -0.15) is 0 Å².